The number of dihydropyridines is 1. The maximum Gasteiger partial charge on any atom is 0.0557 e. The lowest BCUT2D eigenvalue weighted by Crippen LogP contribution is -2.45. The third kappa shape index (κ3) is 3.65. The summed E-state index contributed by atoms with van der Waals surface area (Å²) in [4.78, 5) is 9.59. The molecule has 0 aromatic rings. The molecule has 2 rings (SSSR count). The molecule has 2 aliphatic heterocycles. The first-order chi connectivity index (χ1) is 8.15. The summed E-state index contributed by atoms with van der Waals surface area (Å²) in [6.45, 7) is 10.4. The van der Waals surface area contributed by atoms with Gasteiger partial charge in [-0.15, -0.1) is 0 Å². The summed E-state index contributed by atoms with van der Waals surface area (Å²) >= 11 is 0. The van der Waals surface area contributed by atoms with Crippen molar-refractivity contribution in [3.8, 4) is 0 Å². The molecule has 0 radical (unpaired) electrons. The van der Waals surface area contributed by atoms with E-state index in [1.807, 2.05) is 0 Å². The second-order valence-electron chi connectivity index (χ2n) is 5.68. The molecule has 0 bridgehead atoms. The molecule has 0 aromatic carbocycles. The minimum absolute atomic E-state index is 0.506. The molecule has 0 aromatic heterocycles. The quantitative estimate of drug-likeness (QED) is 0.741. The summed E-state index contributed by atoms with van der Waals surface area (Å²) in [7, 11) is 2.20. The first-order valence-corrected chi connectivity index (χ1v) is 6.78. The van der Waals surface area contributed by atoms with Gasteiger partial charge in [-0.25, -0.2) is 0 Å². The van der Waals surface area contributed by atoms with Crippen LogP contribution in [0.4, 0.5) is 0 Å². The SMILES string of the molecule is CC(C)C1CC=C(CN2CCN(C)CC2)C=N1. The number of aliphatic imine (C=N–C) groups is 1. The van der Waals surface area contributed by atoms with Gasteiger partial charge in [0.25, 0.3) is 0 Å². The molecule has 3 nitrogen and oxygen atoms in total. The maximum atomic E-state index is 4.66. The van der Waals surface area contributed by atoms with Gasteiger partial charge < -0.3 is 4.90 Å². The van der Waals surface area contributed by atoms with Crippen LogP contribution in [-0.4, -0.2) is 61.8 Å². The standard InChI is InChI=1S/C14H25N3/c1-12(2)14-5-4-13(10-15-14)11-17-8-6-16(3)7-9-17/h4,10,12,14H,5-9,11H2,1-3H3. The Labute approximate surface area is 105 Å². The van der Waals surface area contributed by atoms with Crippen molar-refractivity contribution in [2.45, 2.75) is 26.3 Å². The zero-order chi connectivity index (χ0) is 12.3. The maximum absolute atomic E-state index is 4.66. The lowest BCUT2D eigenvalue weighted by Gasteiger charge is -2.33. The van der Waals surface area contributed by atoms with Crippen molar-refractivity contribution in [2.24, 2.45) is 10.9 Å². The van der Waals surface area contributed by atoms with Crippen molar-refractivity contribution in [1.82, 2.24) is 9.80 Å². The van der Waals surface area contributed by atoms with Crippen molar-refractivity contribution in [3.05, 3.63) is 11.6 Å². The van der Waals surface area contributed by atoms with Crippen molar-refractivity contribution in [2.75, 3.05) is 39.8 Å². The summed E-state index contributed by atoms with van der Waals surface area (Å²) in [5.41, 5.74) is 1.41. The number of piperazine rings is 1. The highest BCUT2D eigenvalue weighted by atomic mass is 15.2. The van der Waals surface area contributed by atoms with Gasteiger partial charge in [-0.3, -0.25) is 9.89 Å². The number of nitrogens with zero attached hydrogens (tertiary/aromatic N) is 3. The first-order valence-electron chi connectivity index (χ1n) is 6.78. The number of likely N-dealkylation sites (N-methyl/N-ethyl adjacent to an activating group) is 1. The Morgan fingerprint density at radius 3 is 2.53 bits per heavy atom. The fraction of sp³-hybridized carbons (Fsp3) is 0.786. The monoisotopic (exact) mass is 235 g/mol. The highest BCUT2D eigenvalue weighted by molar-refractivity contribution is 5.80. The number of rotatable bonds is 3. The van der Waals surface area contributed by atoms with Gasteiger partial charge in [-0.2, -0.15) is 0 Å². The van der Waals surface area contributed by atoms with Crippen LogP contribution in [0.25, 0.3) is 0 Å². The second kappa shape index (κ2) is 5.78. The first kappa shape index (κ1) is 12.8. The molecule has 1 fully saturated rings. The van der Waals surface area contributed by atoms with Gasteiger partial charge in [0.15, 0.2) is 0 Å². The van der Waals surface area contributed by atoms with E-state index in [1.165, 1.54) is 31.8 Å². The fourth-order valence-corrected chi connectivity index (χ4v) is 2.39. The molecule has 2 aliphatic rings. The van der Waals surface area contributed by atoms with Crippen LogP contribution in [0.15, 0.2) is 16.6 Å². The topological polar surface area (TPSA) is 18.8 Å². The number of hydrogen-bond donors (Lipinski definition) is 0. The summed E-state index contributed by atoms with van der Waals surface area (Å²) in [5.74, 6) is 0.660. The van der Waals surface area contributed by atoms with E-state index in [0.717, 1.165) is 13.0 Å². The molecule has 1 unspecified atom stereocenters. The van der Waals surface area contributed by atoms with Crippen LogP contribution in [0.3, 0.4) is 0 Å². The average molecular weight is 235 g/mol. The Bertz CT molecular complexity index is 299. The van der Waals surface area contributed by atoms with Crippen LogP contribution < -0.4 is 0 Å². The average Bonchev–Trinajstić information content (AvgIpc) is 2.33. The molecular formula is C14H25N3. The van der Waals surface area contributed by atoms with Crippen LogP contribution >= 0.6 is 0 Å². The molecule has 0 amide bonds. The predicted molar refractivity (Wildman–Crippen MR) is 73.8 cm³/mol. The van der Waals surface area contributed by atoms with Gasteiger partial charge in [0, 0.05) is 38.9 Å². The molecule has 0 spiro atoms. The molecule has 0 N–H and O–H groups in total. The zero-order valence-electron chi connectivity index (χ0n) is 11.4. The van der Waals surface area contributed by atoms with E-state index in [-0.39, 0.29) is 0 Å². The summed E-state index contributed by atoms with van der Waals surface area (Å²) in [6, 6.07) is 0.506. The Balaban J connectivity index is 1.79. The summed E-state index contributed by atoms with van der Waals surface area (Å²) in [5, 5.41) is 0. The summed E-state index contributed by atoms with van der Waals surface area (Å²) < 4.78 is 0. The number of hydrogen-bond acceptors (Lipinski definition) is 3. The van der Waals surface area contributed by atoms with E-state index in [9.17, 15) is 0 Å². The highest BCUT2D eigenvalue weighted by Gasteiger charge is 2.17. The third-order valence-corrected chi connectivity index (χ3v) is 3.82. The van der Waals surface area contributed by atoms with E-state index in [2.05, 4.69) is 48.0 Å². The van der Waals surface area contributed by atoms with E-state index >= 15 is 0 Å². The van der Waals surface area contributed by atoms with Crippen LogP contribution in [0.1, 0.15) is 20.3 Å². The fourth-order valence-electron chi connectivity index (χ4n) is 2.39. The second-order valence-corrected chi connectivity index (χ2v) is 5.68. The molecule has 96 valence electrons. The lowest BCUT2D eigenvalue weighted by atomic mass is 9.98. The summed E-state index contributed by atoms with van der Waals surface area (Å²) in [6.07, 6.45) is 5.61. The Hall–Kier alpha value is -0.670. The molecule has 17 heavy (non-hydrogen) atoms. The smallest absolute Gasteiger partial charge is 0.0557 e. The Morgan fingerprint density at radius 2 is 2.00 bits per heavy atom. The molecule has 0 saturated carbocycles. The van der Waals surface area contributed by atoms with Crippen LogP contribution in [-0.2, 0) is 0 Å². The zero-order valence-corrected chi connectivity index (χ0v) is 11.4. The van der Waals surface area contributed by atoms with E-state index < -0.39 is 0 Å². The van der Waals surface area contributed by atoms with Gasteiger partial charge in [0.1, 0.15) is 0 Å². The van der Waals surface area contributed by atoms with E-state index in [0.29, 0.717) is 12.0 Å². The van der Waals surface area contributed by atoms with Gasteiger partial charge in [0.2, 0.25) is 0 Å². The van der Waals surface area contributed by atoms with Gasteiger partial charge in [-0.05, 0) is 25.0 Å². The van der Waals surface area contributed by atoms with Gasteiger partial charge >= 0.3 is 0 Å². The molecule has 0 aliphatic carbocycles. The minimum Gasteiger partial charge on any atom is -0.304 e. The molecule has 2 heterocycles. The van der Waals surface area contributed by atoms with E-state index in [1.54, 1.807) is 0 Å². The highest BCUT2D eigenvalue weighted by Crippen LogP contribution is 2.17. The molecular weight excluding hydrogens is 210 g/mol. The van der Waals surface area contributed by atoms with Gasteiger partial charge in [-0.1, -0.05) is 19.9 Å². The Kier molecular flexibility index (Phi) is 4.35. The van der Waals surface area contributed by atoms with Crippen molar-refractivity contribution < 1.29 is 0 Å². The van der Waals surface area contributed by atoms with E-state index in [4.69, 9.17) is 0 Å². The van der Waals surface area contributed by atoms with Crippen molar-refractivity contribution >= 4 is 6.21 Å². The van der Waals surface area contributed by atoms with Crippen LogP contribution in [0.2, 0.25) is 0 Å². The predicted octanol–water partition coefficient (Wildman–Crippen LogP) is 1.66. The van der Waals surface area contributed by atoms with Crippen molar-refractivity contribution in [1.29, 1.82) is 0 Å². The normalized spacial score (nSPS) is 27.5. The molecule has 3 heteroatoms. The lowest BCUT2D eigenvalue weighted by molar-refractivity contribution is 0.165. The third-order valence-electron chi connectivity index (χ3n) is 3.82. The van der Waals surface area contributed by atoms with Crippen LogP contribution in [0, 0.1) is 5.92 Å². The Morgan fingerprint density at radius 1 is 1.29 bits per heavy atom. The van der Waals surface area contributed by atoms with Gasteiger partial charge in [0.05, 0.1) is 6.04 Å². The van der Waals surface area contributed by atoms with Crippen LogP contribution in [0.5, 0.6) is 0 Å². The molecule has 1 atom stereocenters. The van der Waals surface area contributed by atoms with Crippen molar-refractivity contribution in [3.63, 3.8) is 0 Å². The molecule has 1 saturated heterocycles. The largest absolute Gasteiger partial charge is 0.304 e. The minimum atomic E-state index is 0.506.